The highest BCUT2D eigenvalue weighted by molar-refractivity contribution is 7.16. The first-order chi connectivity index (χ1) is 13.0. The highest BCUT2D eigenvalue weighted by Crippen LogP contribution is 2.21. The van der Waals surface area contributed by atoms with Gasteiger partial charge in [0.15, 0.2) is 0 Å². The molecule has 1 aliphatic heterocycles. The van der Waals surface area contributed by atoms with Gasteiger partial charge in [-0.3, -0.25) is 14.2 Å². The van der Waals surface area contributed by atoms with Crippen molar-refractivity contribution >= 4 is 27.5 Å². The lowest BCUT2D eigenvalue weighted by atomic mass is 10.1. The predicted molar refractivity (Wildman–Crippen MR) is 105 cm³/mol. The van der Waals surface area contributed by atoms with Crippen molar-refractivity contribution in [3.63, 3.8) is 0 Å². The fourth-order valence-electron chi connectivity index (χ4n) is 3.69. The number of nitrogens with zero attached hydrogens (tertiary/aromatic N) is 5. The Morgan fingerprint density at radius 2 is 2.11 bits per heavy atom. The zero-order valence-corrected chi connectivity index (χ0v) is 16.6. The van der Waals surface area contributed by atoms with Crippen LogP contribution in [-0.4, -0.2) is 43.0 Å². The maximum Gasteiger partial charge on any atom is 0.262 e. The molecule has 1 unspecified atom stereocenters. The van der Waals surface area contributed by atoms with Crippen molar-refractivity contribution < 1.29 is 4.79 Å². The summed E-state index contributed by atoms with van der Waals surface area (Å²) in [4.78, 5) is 37.4. The standard InChI is InChI=1S/C19H23N5O2S/c1-12(10-23-7-5-20-14(23)3)18(25)22-6-4-15-21-17-16(13(2)11-27-17)19(26)24(15)9-8-22/h5,7,11-12H,4,6,8-10H2,1-3H3. The number of thiophene rings is 1. The second kappa shape index (κ2) is 6.92. The van der Waals surface area contributed by atoms with E-state index in [1.807, 2.05) is 41.8 Å². The molecule has 0 spiro atoms. The Kier molecular flexibility index (Phi) is 4.59. The van der Waals surface area contributed by atoms with Gasteiger partial charge < -0.3 is 9.47 Å². The minimum atomic E-state index is -0.144. The second-order valence-electron chi connectivity index (χ2n) is 7.19. The van der Waals surface area contributed by atoms with E-state index < -0.39 is 0 Å². The van der Waals surface area contributed by atoms with Crippen LogP contribution in [0.25, 0.3) is 10.2 Å². The van der Waals surface area contributed by atoms with E-state index in [0.717, 1.165) is 22.0 Å². The molecule has 0 saturated carbocycles. The largest absolute Gasteiger partial charge is 0.340 e. The maximum absolute atomic E-state index is 12.9. The molecule has 0 fully saturated rings. The van der Waals surface area contributed by atoms with Gasteiger partial charge >= 0.3 is 0 Å². The average molecular weight is 385 g/mol. The number of rotatable bonds is 3. The van der Waals surface area contributed by atoms with Crippen molar-refractivity contribution in [3.05, 3.63) is 45.3 Å². The summed E-state index contributed by atoms with van der Waals surface area (Å²) in [6, 6.07) is 0. The van der Waals surface area contributed by atoms with Crippen molar-refractivity contribution in [3.8, 4) is 0 Å². The number of aryl methyl sites for hydroxylation is 2. The van der Waals surface area contributed by atoms with E-state index in [4.69, 9.17) is 4.98 Å². The molecule has 3 aromatic heterocycles. The van der Waals surface area contributed by atoms with Gasteiger partial charge in [0, 0.05) is 45.0 Å². The van der Waals surface area contributed by atoms with E-state index in [9.17, 15) is 9.59 Å². The van der Waals surface area contributed by atoms with Crippen LogP contribution in [0.15, 0.2) is 22.6 Å². The number of imidazole rings is 1. The Morgan fingerprint density at radius 3 is 2.85 bits per heavy atom. The summed E-state index contributed by atoms with van der Waals surface area (Å²) < 4.78 is 3.75. The quantitative estimate of drug-likeness (QED) is 0.691. The van der Waals surface area contributed by atoms with Gasteiger partial charge in [0.2, 0.25) is 5.91 Å². The van der Waals surface area contributed by atoms with Crippen molar-refractivity contribution in [2.75, 3.05) is 13.1 Å². The highest BCUT2D eigenvalue weighted by atomic mass is 32.1. The summed E-state index contributed by atoms with van der Waals surface area (Å²) >= 11 is 1.51. The molecule has 7 nitrogen and oxygen atoms in total. The minimum absolute atomic E-state index is 0.0186. The van der Waals surface area contributed by atoms with Gasteiger partial charge in [-0.05, 0) is 24.8 Å². The molecule has 27 heavy (non-hydrogen) atoms. The topological polar surface area (TPSA) is 73.0 Å². The fourth-order valence-corrected chi connectivity index (χ4v) is 4.62. The molecule has 1 atom stereocenters. The Balaban J connectivity index is 1.53. The fraction of sp³-hybridized carbons (Fsp3) is 0.474. The lowest BCUT2D eigenvalue weighted by Crippen LogP contribution is -2.39. The number of carbonyl (C=O) groups is 1. The molecule has 0 aliphatic carbocycles. The molecule has 3 aromatic rings. The molecule has 0 saturated heterocycles. The Morgan fingerprint density at radius 1 is 1.30 bits per heavy atom. The molecule has 142 valence electrons. The summed E-state index contributed by atoms with van der Waals surface area (Å²) in [5.41, 5.74) is 0.995. The van der Waals surface area contributed by atoms with Crippen LogP contribution in [-0.2, 0) is 24.3 Å². The molecule has 0 radical (unpaired) electrons. The van der Waals surface area contributed by atoms with E-state index in [-0.39, 0.29) is 17.4 Å². The first kappa shape index (κ1) is 17.9. The third-order valence-electron chi connectivity index (χ3n) is 5.28. The Labute approximate surface area is 161 Å². The number of carbonyl (C=O) groups excluding carboxylic acids is 1. The Bertz CT molecular complexity index is 1060. The Hall–Kier alpha value is -2.48. The molecule has 0 bridgehead atoms. The van der Waals surface area contributed by atoms with Crippen LogP contribution >= 0.6 is 11.3 Å². The summed E-state index contributed by atoms with van der Waals surface area (Å²) in [5, 5.41) is 2.70. The molecule has 1 aliphatic rings. The molecule has 4 rings (SSSR count). The predicted octanol–water partition coefficient (Wildman–Crippen LogP) is 1.99. The third kappa shape index (κ3) is 3.18. The van der Waals surface area contributed by atoms with Crippen LogP contribution in [0.1, 0.15) is 24.1 Å². The van der Waals surface area contributed by atoms with Crippen molar-refractivity contribution in [1.82, 2.24) is 24.0 Å². The molecule has 0 N–H and O–H groups in total. The number of hydrogen-bond donors (Lipinski definition) is 0. The first-order valence-corrected chi connectivity index (χ1v) is 10.1. The van der Waals surface area contributed by atoms with Gasteiger partial charge in [-0.2, -0.15) is 0 Å². The van der Waals surface area contributed by atoms with Crippen LogP contribution in [0.5, 0.6) is 0 Å². The van der Waals surface area contributed by atoms with Gasteiger partial charge in [-0.25, -0.2) is 9.97 Å². The summed E-state index contributed by atoms with van der Waals surface area (Å²) in [7, 11) is 0. The molecule has 8 heteroatoms. The lowest BCUT2D eigenvalue weighted by Gasteiger charge is -2.24. The number of aromatic nitrogens is 4. The van der Waals surface area contributed by atoms with Gasteiger partial charge in [0.25, 0.3) is 5.56 Å². The molecular formula is C19H23N5O2S. The van der Waals surface area contributed by atoms with Gasteiger partial charge in [0.05, 0.1) is 11.3 Å². The van der Waals surface area contributed by atoms with E-state index in [2.05, 4.69) is 4.98 Å². The molecular weight excluding hydrogens is 362 g/mol. The van der Waals surface area contributed by atoms with E-state index in [0.29, 0.717) is 38.0 Å². The molecule has 1 amide bonds. The number of fused-ring (bicyclic) bond motifs is 2. The van der Waals surface area contributed by atoms with Gasteiger partial charge in [-0.15, -0.1) is 11.3 Å². The number of amides is 1. The van der Waals surface area contributed by atoms with Gasteiger partial charge in [-0.1, -0.05) is 6.92 Å². The highest BCUT2D eigenvalue weighted by Gasteiger charge is 2.25. The summed E-state index contributed by atoms with van der Waals surface area (Å²) in [6.07, 6.45) is 4.25. The van der Waals surface area contributed by atoms with Crippen LogP contribution in [0.2, 0.25) is 0 Å². The van der Waals surface area contributed by atoms with E-state index >= 15 is 0 Å². The van der Waals surface area contributed by atoms with Crippen molar-refractivity contribution in [2.24, 2.45) is 5.92 Å². The van der Waals surface area contributed by atoms with Crippen LogP contribution in [0.4, 0.5) is 0 Å². The first-order valence-electron chi connectivity index (χ1n) is 9.19. The van der Waals surface area contributed by atoms with Crippen LogP contribution < -0.4 is 5.56 Å². The average Bonchev–Trinajstić information content (AvgIpc) is 3.13. The lowest BCUT2D eigenvalue weighted by molar-refractivity contribution is -0.135. The SMILES string of the molecule is Cc1csc2nc3n(c(=O)c12)CCN(C(=O)C(C)Cn1ccnc1C)CC3. The second-order valence-corrected chi connectivity index (χ2v) is 8.04. The smallest absolute Gasteiger partial charge is 0.262 e. The molecule has 4 heterocycles. The van der Waals surface area contributed by atoms with Crippen molar-refractivity contribution in [1.29, 1.82) is 0 Å². The summed E-state index contributed by atoms with van der Waals surface area (Å²) in [5.74, 6) is 1.66. The zero-order valence-electron chi connectivity index (χ0n) is 15.8. The summed E-state index contributed by atoms with van der Waals surface area (Å²) in [6.45, 7) is 8.07. The minimum Gasteiger partial charge on any atom is -0.340 e. The van der Waals surface area contributed by atoms with Crippen molar-refractivity contribution in [2.45, 2.75) is 40.3 Å². The molecule has 0 aromatic carbocycles. The maximum atomic E-state index is 12.9. The van der Waals surface area contributed by atoms with E-state index in [1.165, 1.54) is 11.3 Å². The number of hydrogen-bond acceptors (Lipinski definition) is 5. The van der Waals surface area contributed by atoms with Crippen LogP contribution in [0, 0.1) is 19.8 Å². The monoisotopic (exact) mass is 385 g/mol. The normalized spacial score (nSPS) is 15.6. The zero-order chi connectivity index (χ0) is 19.1. The third-order valence-corrected chi connectivity index (χ3v) is 6.27. The van der Waals surface area contributed by atoms with Gasteiger partial charge in [0.1, 0.15) is 16.5 Å². The van der Waals surface area contributed by atoms with E-state index in [1.54, 1.807) is 10.8 Å². The van der Waals surface area contributed by atoms with Crippen LogP contribution in [0.3, 0.4) is 0 Å².